The summed E-state index contributed by atoms with van der Waals surface area (Å²) in [6.45, 7) is 1.75. The molecule has 1 aromatic carbocycles. The van der Waals surface area contributed by atoms with Gasteiger partial charge in [0.25, 0.3) is 10.0 Å². The molecule has 96 valence electrons. The molecule has 0 atom stereocenters. The number of nitrogens with one attached hydrogen (secondary N) is 1. The van der Waals surface area contributed by atoms with E-state index in [0.29, 0.717) is 11.4 Å². The van der Waals surface area contributed by atoms with E-state index in [-0.39, 0.29) is 40.4 Å². The number of hydrogen-bond acceptors (Lipinski definition) is 5. The molecule has 0 unspecified atom stereocenters. The number of nitrogens with two attached hydrogens (primary N) is 1. The summed E-state index contributed by atoms with van der Waals surface area (Å²) in [5.41, 5.74) is 6.68. The Labute approximate surface area is 133 Å². The van der Waals surface area contributed by atoms with Gasteiger partial charge >= 0.3 is 29.6 Å². The maximum absolute atomic E-state index is 12.0. The zero-order valence-corrected chi connectivity index (χ0v) is 10.5. The van der Waals surface area contributed by atoms with E-state index in [4.69, 9.17) is 5.73 Å². The van der Waals surface area contributed by atoms with Crippen molar-refractivity contribution in [3.05, 3.63) is 42.2 Å². The quantitative estimate of drug-likeness (QED) is 0.634. The molecule has 0 saturated carbocycles. The van der Waals surface area contributed by atoms with Crippen LogP contribution in [-0.4, -0.2) is 47.9 Å². The van der Waals surface area contributed by atoms with Crippen LogP contribution in [0, 0.1) is 6.92 Å². The molecule has 2 rings (SSSR count). The second kappa shape index (κ2) is 6.33. The molecule has 0 bridgehead atoms. The van der Waals surface area contributed by atoms with E-state index in [1.807, 2.05) is 0 Å². The van der Waals surface area contributed by atoms with Crippen LogP contribution in [0.3, 0.4) is 0 Å². The van der Waals surface area contributed by atoms with Crippen LogP contribution in [0.25, 0.3) is 0 Å². The Kier molecular flexibility index (Phi) is 5.30. The summed E-state index contributed by atoms with van der Waals surface area (Å²) < 4.78 is 26.3. The Hall–Kier alpha value is -1.15. The first-order valence-electron chi connectivity index (χ1n) is 5.15. The van der Waals surface area contributed by atoms with Gasteiger partial charge in [-0.15, -0.1) is 0 Å². The van der Waals surface area contributed by atoms with E-state index in [0.717, 1.165) is 0 Å². The Bertz CT molecular complexity index is 659. The molecule has 3 N–H and O–H groups in total. The van der Waals surface area contributed by atoms with Crippen LogP contribution in [-0.2, 0) is 10.0 Å². The molecule has 0 spiro atoms. The molecule has 8 heteroatoms. The van der Waals surface area contributed by atoms with Gasteiger partial charge < -0.3 is 5.73 Å². The number of aryl methyl sites for hydroxylation is 1. The number of nitrogens with zero attached hydrogens (tertiary/aromatic N) is 2. The summed E-state index contributed by atoms with van der Waals surface area (Å²) in [7, 11) is -3.68. The minimum absolute atomic E-state index is 0. The number of benzene rings is 1. The Morgan fingerprint density at radius 3 is 2.37 bits per heavy atom. The van der Waals surface area contributed by atoms with Gasteiger partial charge in [0.1, 0.15) is 0 Å². The first kappa shape index (κ1) is 15.9. The third kappa shape index (κ3) is 4.17. The number of hydrogen-bond donors (Lipinski definition) is 2. The SMILES string of the molecule is Cc1ccnc(NS(=O)(=O)c2ccc(N)cc2)n1.[NaH]. The van der Waals surface area contributed by atoms with Crippen LogP contribution in [0.2, 0.25) is 0 Å². The molecule has 1 heterocycles. The summed E-state index contributed by atoms with van der Waals surface area (Å²) in [5, 5.41) is 0. The third-order valence-electron chi connectivity index (χ3n) is 2.21. The minimum atomic E-state index is -3.68. The second-order valence-corrected chi connectivity index (χ2v) is 5.38. The molecular weight excluding hydrogens is 275 g/mol. The molecule has 0 amide bonds. The zero-order chi connectivity index (χ0) is 13.2. The maximum atomic E-state index is 12.0. The number of sulfonamides is 1. The molecule has 1 aromatic heterocycles. The molecule has 0 aliphatic rings. The topological polar surface area (TPSA) is 98.0 Å². The van der Waals surface area contributed by atoms with Gasteiger partial charge in [-0.3, -0.25) is 0 Å². The van der Waals surface area contributed by atoms with Crippen LogP contribution in [0.5, 0.6) is 0 Å². The first-order chi connectivity index (χ1) is 8.47. The standard InChI is InChI=1S/C11H12N4O2S.Na.H/c1-8-6-7-13-11(14-8)15-18(16,17)10-4-2-9(12)3-5-10;;/h2-7H,12H2,1H3,(H,13,14,15);;. The van der Waals surface area contributed by atoms with Crippen LogP contribution in [0.15, 0.2) is 41.4 Å². The number of rotatable bonds is 3. The van der Waals surface area contributed by atoms with E-state index in [2.05, 4.69) is 14.7 Å². The van der Waals surface area contributed by atoms with E-state index < -0.39 is 10.0 Å². The molecule has 0 radical (unpaired) electrons. The van der Waals surface area contributed by atoms with E-state index in [1.54, 1.807) is 13.0 Å². The van der Waals surface area contributed by atoms with Crippen molar-refractivity contribution in [2.24, 2.45) is 0 Å². The van der Waals surface area contributed by atoms with Gasteiger partial charge in [-0.1, -0.05) is 0 Å². The summed E-state index contributed by atoms with van der Waals surface area (Å²) in [6, 6.07) is 7.57. The number of nitrogen functional groups attached to an aromatic ring is 1. The zero-order valence-electron chi connectivity index (χ0n) is 9.66. The van der Waals surface area contributed by atoms with E-state index in [1.165, 1.54) is 30.5 Å². The normalized spacial score (nSPS) is 10.6. The number of anilines is 2. The summed E-state index contributed by atoms with van der Waals surface area (Å²) >= 11 is 0. The number of aromatic nitrogens is 2. The van der Waals surface area contributed by atoms with Crippen molar-refractivity contribution in [3.8, 4) is 0 Å². The molecule has 2 aromatic rings. The molecule has 0 aliphatic heterocycles. The molecule has 6 nitrogen and oxygen atoms in total. The monoisotopic (exact) mass is 288 g/mol. The van der Waals surface area contributed by atoms with E-state index >= 15 is 0 Å². The van der Waals surface area contributed by atoms with Gasteiger partial charge in [0.15, 0.2) is 0 Å². The molecular formula is C11H13N4NaO2S. The fourth-order valence-corrected chi connectivity index (χ4v) is 2.28. The van der Waals surface area contributed by atoms with Crippen LogP contribution >= 0.6 is 0 Å². The summed E-state index contributed by atoms with van der Waals surface area (Å²) in [6.07, 6.45) is 1.49. The van der Waals surface area contributed by atoms with Crippen molar-refractivity contribution < 1.29 is 8.42 Å². The summed E-state index contributed by atoms with van der Waals surface area (Å²) in [4.78, 5) is 7.93. The Morgan fingerprint density at radius 1 is 1.16 bits per heavy atom. The van der Waals surface area contributed by atoms with Gasteiger partial charge in [0.05, 0.1) is 4.90 Å². The van der Waals surface area contributed by atoms with Crippen LogP contribution in [0.4, 0.5) is 11.6 Å². The Balaban J connectivity index is 0.00000180. The molecule has 19 heavy (non-hydrogen) atoms. The third-order valence-corrected chi connectivity index (χ3v) is 3.55. The first-order valence-corrected chi connectivity index (χ1v) is 6.64. The second-order valence-electron chi connectivity index (χ2n) is 3.70. The van der Waals surface area contributed by atoms with Gasteiger partial charge in [-0.05, 0) is 37.3 Å². The van der Waals surface area contributed by atoms with Crippen molar-refractivity contribution in [1.29, 1.82) is 0 Å². The fraction of sp³-hybridized carbons (Fsp3) is 0.0909. The predicted molar refractivity (Wildman–Crippen MR) is 75.6 cm³/mol. The van der Waals surface area contributed by atoms with Crippen LogP contribution < -0.4 is 10.5 Å². The van der Waals surface area contributed by atoms with Gasteiger partial charge in [0, 0.05) is 17.6 Å². The van der Waals surface area contributed by atoms with Crippen LogP contribution in [0.1, 0.15) is 5.69 Å². The van der Waals surface area contributed by atoms with Gasteiger partial charge in [0.2, 0.25) is 5.95 Å². The van der Waals surface area contributed by atoms with Crippen molar-refractivity contribution in [3.63, 3.8) is 0 Å². The summed E-state index contributed by atoms with van der Waals surface area (Å²) in [5.74, 6) is 0.0480. The van der Waals surface area contributed by atoms with Crippen molar-refractivity contribution >= 4 is 51.2 Å². The fourth-order valence-electron chi connectivity index (χ4n) is 1.32. The van der Waals surface area contributed by atoms with E-state index in [9.17, 15) is 8.42 Å². The average Bonchev–Trinajstić information content (AvgIpc) is 2.29. The van der Waals surface area contributed by atoms with Crippen molar-refractivity contribution in [1.82, 2.24) is 9.97 Å². The van der Waals surface area contributed by atoms with Gasteiger partial charge in [-0.2, -0.15) is 0 Å². The van der Waals surface area contributed by atoms with Gasteiger partial charge in [-0.25, -0.2) is 23.1 Å². The predicted octanol–water partition coefficient (Wildman–Crippen LogP) is 0.520. The van der Waals surface area contributed by atoms with Crippen molar-refractivity contribution in [2.75, 3.05) is 10.5 Å². The van der Waals surface area contributed by atoms with Crippen molar-refractivity contribution in [2.45, 2.75) is 11.8 Å². The molecule has 0 fully saturated rings. The average molecular weight is 288 g/mol. The molecule has 0 aliphatic carbocycles. The Morgan fingerprint density at radius 2 is 1.79 bits per heavy atom. The molecule has 0 saturated heterocycles.